The summed E-state index contributed by atoms with van der Waals surface area (Å²) in [6.45, 7) is 4.51. The Kier molecular flexibility index (Phi) is 2.92. The molecule has 4 rings (SSSR count). The van der Waals surface area contributed by atoms with Crippen molar-refractivity contribution in [3.63, 3.8) is 0 Å². The molecule has 0 aliphatic heterocycles. The zero-order valence-electron chi connectivity index (χ0n) is 11.1. The van der Waals surface area contributed by atoms with Crippen LogP contribution in [-0.4, -0.2) is 40.0 Å². The van der Waals surface area contributed by atoms with Crippen LogP contribution in [0.4, 0.5) is 0 Å². The highest BCUT2D eigenvalue weighted by atomic mass is 32.2. The summed E-state index contributed by atoms with van der Waals surface area (Å²) in [5.74, 6) is 1.59. The maximum Gasteiger partial charge on any atom is 0.200 e. The van der Waals surface area contributed by atoms with E-state index in [1.54, 1.807) is 0 Å². The number of tetrazole rings is 1. The molecule has 8 nitrogen and oxygen atoms in total. The van der Waals surface area contributed by atoms with Gasteiger partial charge in [-0.05, 0) is 47.2 Å². The second kappa shape index (κ2) is 4.92. The van der Waals surface area contributed by atoms with E-state index in [1.807, 2.05) is 18.2 Å². The maximum absolute atomic E-state index is 4.34. The molecule has 1 aliphatic carbocycles. The molecule has 0 bridgehead atoms. The Balaban J connectivity index is 1.67. The zero-order chi connectivity index (χ0) is 14.2. The summed E-state index contributed by atoms with van der Waals surface area (Å²) in [6, 6.07) is 3.70. The van der Waals surface area contributed by atoms with Crippen LogP contribution >= 0.6 is 11.8 Å². The van der Waals surface area contributed by atoms with Crippen LogP contribution in [0.2, 0.25) is 0 Å². The quantitative estimate of drug-likeness (QED) is 0.657. The van der Waals surface area contributed by atoms with Crippen molar-refractivity contribution in [1.29, 1.82) is 0 Å². The number of hydrogen-bond donors (Lipinski definition) is 0. The van der Waals surface area contributed by atoms with Crippen LogP contribution in [0, 0.1) is 0 Å². The Hall–Kier alpha value is -2.29. The van der Waals surface area contributed by atoms with E-state index in [4.69, 9.17) is 0 Å². The van der Waals surface area contributed by atoms with Gasteiger partial charge in [-0.25, -0.2) is 0 Å². The molecule has 3 heterocycles. The van der Waals surface area contributed by atoms with Crippen LogP contribution in [-0.2, 0) is 6.54 Å². The summed E-state index contributed by atoms with van der Waals surface area (Å²) in [5.41, 5.74) is 0.616. The Morgan fingerprint density at radius 2 is 2.19 bits per heavy atom. The first-order chi connectivity index (χ1) is 10.3. The van der Waals surface area contributed by atoms with Crippen LogP contribution in [0.25, 0.3) is 5.65 Å². The number of hydrogen-bond acceptors (Lipinski definition) is 7. The second-order valence-corrected chi connectivity index (χ2v) is 5.80. The van der Waals surface area contributed by atoms with Gasteiger partial charge in [0, 0.05) is 12.5 Å². The van der Waals surface area contributed by atoms with Gasteiger partial charge in [-0.3, -0.25) is 0 Å². The minimum atomic E-state index is 0.543. The molecule has 0 amide bonds. The third kappa shape index (κ3) is 2.29. The fourth-order valence-corrected chi connectivity index (χ4v) is 2.90. The van der Waals surface area contributed by atoms with Gasteiger partial charge >= 0.3 is 0 Å². The van der Waals surface area contributed by atoms with Crippen molar-refractivity contribution in [1.82, 2.24) is 40.0 Å². The number of allylic oxidation sites excluding steroid dienone is 1. The molecule has 0 radical (unpaired) electrons. The molecular weight excluding hydrogens is 288 g/mol. The molecule has 9 heteroatoms. The molecular formula is C12H12N8S. The van der Waals surface area contributed by atoms with E-state index in [0.29, 0.717) is 18.1 Å². The fourth-order valence-electron chi connectivity index (χ4n) is 2.10. The van der Waals surface area contributed by atoms with E-state index in [1.165, 1.54) is 29.2 Å². The lowest BCUT2D eigenvalue weighted by Gasteiger charge is -2.06. The predicted octanol–water partition coefficient (Wildman–Crippen LogP) is 1.33. The molecule has 1 saturated carbocycles. The second-order valence-electron chi connectivity index (χ2n) is 4.81. The van der Waals surface area contributed by atoms with E-state index in [0.717, 1.165) is 16.0 Å². The molecule has 0 aromatic carbocycles. The Morgan fingerprint density at radius 3 is 3.00 bits per heavy atom. The first-order valence-electron chi connectivity index (χ1n) is 6.62. The van der Waals surface area contributed by atoms with Gasteiger partial charge in [-0.15, -0.1) is 31.6 Å². The normalized spacial score (nSPS) is 14.7. The highest BCUT2D eigenvalue weighted by Gasteiger charge is 2.30. The number of nitrogens with zero attached hydrogens (tertiary/aromatic N) is 8. The largest absolute Gasteiger partial charge is 0.302 e. The summed E-state index contributed by atoms with van der Waals surface area (Å²) in [6.07, 6.45) is 4.24. The maximum atomic E-state index is 4.34. The monoisotopic (exact) mass is 300 g/mol. The van der Waals surface area contributed by atoms with Crippen LogP contribution in [0.1, 0.15) is 24.6 Å². The summed E-state index contributed by atoms with van der Waals surface area (Å²) >= 11 is 1.45. The average molecular weight is 300 g/mol. The minimum absolute atomic E-state index is 0.543. The van der Waals surface area contributed by atoms with Gasteiger partial charge in [-0.2, -0.15) is 0 Å². The molecule has 0 unspecified atom stereocenters. The molecule has 1 aliphatic rings. The van der Waals surface area contributed by atoms with Crippen molar-refractivity contribution in [2.75, 3.05) is 0 Å². The van der Waals surface area contributed by atoms with Gasteiger partial charge in [0.1, 0.15) is 10.9 Å². The number of aromatic nitrogens is 8. The van der Waals surface area contributed by atoms with E-state index in [9.17, 15) is 0 Å². The third-order valence-corrected chi connectivity index (χ3v) is 4.15. The average Bonchev–Trinajstić information content (AvgIpc) is 3.10. The minimum Gasteiger partial charge on any atom is -0.302 e. The van der Waals surface area contributed by atoms with Gasteiger partial charge in [0.05, 0.1) is 0 Å². The lowest BCUT2D eigenvalue weighted by Crippen LogP contribution is -2.03. The first-order valence-corrected chi connectivity index (χ1v) is 7.44. The van der Waals surface area contributed by atoms with Crippen LogP contribution in [0.15, 0.2) is 35.0 Å². The van der Waals surface area contributed by atoms with Gasteiger partial charge in [0.15, 0.2) is 10.8 Å². The van der Waals surface area contributed by atoms with Crippen LogP contribution in [0.3, 0.4) is 0 Å². The highest BCUT2D eigenvalue weighted by Crippen LogP contribution is 2.40. The van der Waals surface area contributed by atoms with Gasteiger partial charge < -0.3 is 4.57 Å². The number of rotatable bonds is 5. The Morgan fingerprint density at radius 1 is 1.29 bits per heavy atom. The van der Waals surface area contributed by atoms with Crippen molar-refractivity contribution < 1.29 is 0 Å². The molecule has 3 aromatic heterocycles. The van der Waals surface area contributed by atoms with Crippen molar-refractivity contribution in [3.05, 3.63) is 30.6 Å². The van der Waals surface area contributed by atoms with Crippen molar-refractivity contribution in [2.24, 2.45) is 0 Å². The van der Waals surface area contributed by atoms with Crippen molar-refractivity contribution >= 4 is 17.4 Å². The molecule has 21 heavy (non-hydrogen) atoms. The van der Waals surface area contributed by atoms with E-state index < -0.39 is 0 Å². The summed E-state index contributed by atoms with van der Waals surface area (Å²) in [4.78, 5) is 0. The Labute approximate surface area is 124 Å². The topological polar surface area (TPSA) is 86.7 Å². The van der Waals surface area contributed by atoms with E-state index in [2.05, 4.69) is 42.0 Å². The van der Waals surface area contributed by atoms with E-state index >= 15 is 0 Å². The molecule has 1 fully saturated rings. The fraction of sp³-hybridized carbons (Fsp3) is 0.333. The van der Waals surface area contributed by atoms with Gasteiger partial charge in [0.25, 0.3) is 0 Å². The van der Waals surface area contributed by atoms with E-state index in [-0.39, 0.29) is 0 Å². The Bertz CT molecular complexity index is 803. The van der Waals surface area contributed by atoms with Gasteiger partial charge in [-0.1, -0.05) is 6.08 Å². The summed E-state index contributed by atoms with van der Waals surface area (Å²) in [7, 11) is 0. The third-order valence-electron chi connectivity index (χ3n) is 3.24. The SMILES string of the molecule is C=CCn1c(Sc2ccc3nnnn3n2)nnc1C1CC1. The van der Waals surface area contributed by atoms with Crippen LogP contribution < -0.4 is 0 Å². The summed E-state index contributed by atoms with van der Waals surface area (Å²) in [5, 5.41) is 25.7. The number of fused-ring (bicyclic) bond motifs is 1. The molecule has 0 saturated heterocycles. The molecule has 106 valence electrons. The lowest BCUT2D eigenvalue weighted by atomic mass is 10.4. The summed E-state index contributed by atoms with van der Waals surface area (Å²) < 4.78 is 3.50. The van der Waals surface area contributed by atoms with Crippen molar-refractivity contribution in [2.45, 2.75) is 35.5 Å². The smallest absolute Gasteiger partial charge is 0.200 e. The molecule has 0 atom stereocenters. The highest BCUT2D eigenvalue weighted by molar-refractivity contribution is 7.99. The molecule has 0 spiro atoms. The standard InChI is InChI=1S/C12H12N8S/c1-2-7-19-11(8-3-4-8)14-15-12(19)21-10-6-5-9-13-17-18-20(9)16-10/h2,5-6,8H,1,3-4,7H2. The molecule has 3 aromatic rings. The zero-order valence-corrected chi connectivity index (χ0v) is 11.9. The lowest BCUT2D eigenvalue weighted by molar-refractivity contribution is 0.676. The predicted molar refractivity (Wildman–Crippen MR) is 74.9 cm³/mol. The van der Waals surface area contributed by atoms with Gasteiger partial charge in [0.2, 0.25) is 0 Å². The first kappa shape index (κ1) is 12.5. The van der Waals surface area contributed by atoms with Crippen molar-refractivity contribution in [3.8, 4) is 0 Å². The molecule has 0 N–H and O–H groups in total. The van der Waals surface area contributed by atoms with Crippen LogP contribution in [0.5, 0.6) is 0 Å².